The van der Waals surface area contributed by atoms with Crippen LogP contribution in [0.3, 0.4) is 0 Å². The monoisotopic (exact) mass is 469 g/mol. The molecule has 0 radical (unpaired) electrons. The molecule has 0 bridgehead atoms. The molecule has 0 aromatic heterocycles. The Kier molecular flexibility index (Phi) is 9.22. The third-order valence-corrected chi connectivity index (χ3v) is 8.00. The fraction of sp³-hybridized carbons (Fsp3) is 0.704. The highest BCUT2D eigenvalue weighted by molar-refractivity contribution is 5.89. The van der Waals surface area contributed by atoms with Crippen LogP contribution in [0.5, 0.6) is 0 Å². The van der Waals surface area contributed by atoms with Crippen LogP contribution in [0.2, 0.25) is 0 Å². The second kappa shape index (κ2) is 12.5. The second-order valence-electron chi connectivity index (χ2n) is 10.3. The minimum absolute atomic E-state index is 0.0559. The van der Waals surface area contributed by atoms with Crippen LogP contribution in [0, 0.1) is 5.92 Å². The van der Waals surface area contributed by atoms with E-state index in [0.717, 1.165) is 51.1 Å². The van der Waals surface area contributed by atoms with E-state index in [1.807, 2.05) is 35.2 Å². The van der Waals surface area contributed by atoms with E-state index < -0.39 is 0 Å². The molecule has 2 N–H and O–H groups in total. The maximum Gasteiger partial charge on any atom is 0.321 e. The summed E-state index contributed by atoms with van der Waals surface area (Å²) in [7, 11) is 0. The zero-order valence-electron chi connectivity index (χ0n) is 20.9. The Labute approximate surface area is 205 Å². The normalized spacial score (nSPS) is 23.6. The summed E-state index contributed by atoms with van der Waals surface area (Å²) < 4.78 is 0. The Morgan fingerprint density at radius 3 is 2.35 bits per heavy atom. The number of rotatable bonds is 8. The number of benzene rings is 1. The third-order valence-electron chi connectivity index (χ3n) is 8.00. The van der Waals surface area contributed by atoms with Crippen molar-refractivity contribution in [2.45, 2.75) is 70.4 Å². The van der Waals surface area contributed by atoms with Crippen molar-refractivity contribution in [3.63, 3.8) is 0 Å². The van der Waals surface area contributed by atoms with Crippen LogP contribution in [-0.4, -0.2) is 84.5 Å². The average molecular weight is 470 g/mol. The predicted molar refractivity (Wildman–Crippen MR) is 137 cm³/mol. The molecule has 0 spiro atoms. The van der Waals surface area contributed by atoms with Gasteiger partial charge in [0.05, 0.1) is 6.04 Å². The summed E-state index contributed by atoms with van der Waals surface area (Å²) in [5.41, 5.74) is 0.817. The lowest BCUT2D eigenvalue weighted by Gasteiger charge is -2.40. The summed E-state index contributed by atoms with van der Waals surface area (Å²) in [5.74, 6) is 0.632. The molecule has 3 fully saturated rings. The van der Waals surface area contributed by atoms with Gasteiger partial charge in [0.25, 0.3) is 0 Å². The quantitative estimate of drug-likeness (QED) is 0.569. The lowest BCUT2D eigenvalue weighted by atomic mass is 9.95. The van der Waals surface area contributed by atoms with Gasteiger partial charge in [-0.1, -0.05) is 37.5 Å². The number of carbonyl (C=O) groups excluding carboxylic acids is 2. The van der Waals surface area contributed by atoms with Gasteiger partial charge in [-0.3, -0.25) is 9.69 Å². The Bertz CT molecular complexity index is 774. The lowest BCUT2D eigenvalue weighted by molar-refractivity contribution is -0.129. The molecule has 4 rings (SSSR count). The van der Waals surface area contributed by atoms with E-state index >= 15 is 0 Å². The SMILES string of the molecule is C[C@H]1CCCCN1CCCNC(=O)[C@@H](C1CCCC1)N1CCN(C(=O)Nc2ccccc2)CC1. The maximum absolute atomic E-state index is 13.3. The van der Waals surface area contributed by atoms with E-state index in [2.05, 4.69) is 27.4 Å². The first-order valence-corrected chi connectivity index (χ1v) is 13.5. The lowest BCUT2D eigenvalue weighted by Crippen LogP contribution is -2.58. The van der Waals surface area contributed by atoms with Crippen LogP contribution in [0.4, 0.5) is 10.5 Å². The van der Waals surface area contributed by atoms with Gasteiger partial charge in [-0.2, -0.15) is 0 Å². The number of piperazine rings is 1. The van der Waals surface area contributed by atoms with Gasteiger partial charge in [-0.25, -0.2) is 4.79 Å². The molecular weight excluding hydrogens is 426 g/mol. The standard InChI is InChI=1S/C27H43N5O2/c1-22-10-7-8-16-30(22)17-9-15-28-26(33)25(23-11-5-6-12-23)31-18-20-32(21-19-31)27(34)29-24-13-3-2-4-14-24/h2-4,13-14,22-23,25H,5-12,15-21H2,1H3,(H,28,33)(H,29,34)/t22-,25+/m0/s1. The van der Waals surface area contributed by atoms with E-state index in [4.69, 9.17) is 0 Å². The molecule has 2 heterocycles. The Morgan fingerprint density at radius 2 is 1.65 bits per heavy atom. The molecule has 7 nitrogen and oxygen atoms in total. The van der Waals surface area contributed by atoms with E-state index in [1.54, 1.807) is 0 Å². The van der Waals surface area contributed by atoms with Gasteiger partial charge in [0.15, 0.2) is 0 Å². The molecule has 34 heavy (non-hydrogen) atoms. The molecule has 1 aromatic carbocycles. The number of hydrogen-bond acceptors (Lipinski definition) is 4. The van der Waals surface area contributed by atoms with Crippen LogP contribution in [0.1, 0.15) is 58.3 Å². The summed E-state index contributed by atoms with van der Waals surface area (Å²) in [4.78, 5) is 32.8. The number of carbonyl (C=O) groups is 2. The first-order chi connectivity index (χ1) is 16.6. The van der Waals surface area contributed by atoms with Crippen molar-refractivity contribution in [3.05, 3.63) is 30.3 Å². The molecule has 1 aromatic rings. The summed E-state index contributed by atoms with van der Waals surface area (Å²) in [5, 5.41) is 6.26. The maximum atomic E-state index is 13.3. The molecule has 1 saturated carbocycles. The molecule has 7 heteroatoms. The smallest absolute Gasteiger partial charge is 0.321 e. The number of para-hydroxylation sites is 1. The number of hydrogen-bond donors (Lipinski definition) is 2. The zero-order valence-corrected chi connectivity index (χ0v) is 20.9. The molecule has 1 aliphatic carbocycles. The number of nitrogens with one attached hydrogen (secondary N) is 2. The highest BCUT2D eigenvalue weighted by Crippen LogP contribution is 2.31. The average Bonchev–Trinajstić information content (AvgIpc) is 3.38. The van der Waals surface area contributed by atoms with Crippen molar-refractivity contribution in [2.75, 3.05) is 51.1 Å². The third kappa shape index (κ3) is 6.72. The number of urea groups is 1. The van der Waals surface area contributed by atoms with Crippen molar-refractivity contribution in [3.8, 4) is 0 Å². The molecule has 3 aliphatic rings. The molecule has 188 valence electrons. The first-order valence-electron chi connectivity index (χ1n) is 13.5. The van der Waals surface area contributed by atoms with E-state index in [1.165, 1.54) is 38.6 Å². The van der Waals surface area contributed by atoms with E-state index in [-0.39, 0.29) is 18.0 Å². The summed E-state index contributed by atoms with van der Waals surface area (Å²) in [6, 6.07) is 10.1. The fourth-order valence-electron chi connectivity index (χ4n) is 5.97. The van der Waals surface area contributed by atoms with Crippen LogP contribution in [0.15, 0.2) is 30.3 Å². The van der Waals surface area contributed by atoms with Gasteiger partial charge in [-0.05, 0) is 63.6 Å². The van der Waals surface area contributed by atoms with Crippen molar-refractivity contribution < 1.29 is 9.59 Å². The molecule has 2 atom stereocenters. The van der Waals surface area contributed by atoms with Crippen LogP contribution in [-0.2, 0) is 4.79 Å². The number of nitrogens with zero attached hydrogens (tertiary/aromatic N) is 3. The highest BCUT2D eigenvalue weighted by atomic mass is 16.2. The number of likely N-dealkylation sites (tertiary alicyclic amines) is 1. The number of amides is 3. The van der Waals surface area contributed by atoms with E-state index in [0.29, 0.717) is 25.0 Å². The Hall–Kier alpha value is -2.12. The summed E-state index contributed by atoms with van der Waals surface area (Å²) >= 11 is 0. The van der Waals surface area contributed by atoms with Gasteiger partial charge >= 0.3 is 6.03 Å². The number of anilines is 1. The predicted octanol–water partition coefficient (Wildman–Crippen LogP) is 3.78. The van der Waals surface area contributed by atoms with Crippen molar-refractivity contribution in [1.82, 2.24) is 20.0 Å². The molecule has 0 unspecified atom stereocenters. The molecule has 2 aliphatic heterocycles. The summed E-state index contributed by atoms with van der Waals surface area (Å²) in [6.45, 7) is 8.17. The van der Waals surface area contributed by atoms with Crippen LogP contribution in [0.25, 0.3) is 0 Å². The molecule has 2 saturated heterocycles. The molecular formula is C27H43N5O2. The Balaban J connectivity index is 1.25. The fourth-order valence-corrected chi connectivity index (χ4v) is 5.97. The van der Waals surface area contributed by atoms with Gasteiger partial charge < -0.3 is 20.4 Å². The van der Waals surface area contributed by atoms with Crippen molar-refractivity contribution in [1.29, 1.82) is 0 Å². The van der Waals surface area contributed by atoms with Crippen LogP contribution >= 0.6 is 0 Å². The minimum atomic E-state index is -0.0595. The zero-order chi connectivity index (χ0) is 23.8. The number of piperidine rings is 1. The van der Waals surface area contributed by atoms with Gasteiger partial charge in [-0.15, -0.1) is 0 Å². The van der Waals surface area contributed by atoms with Crippen LogP contribution < -0.4 is 10.6 Å². The highest BCUT2D eigenvalue weighted by Gasteiger charge is 2.37. The van der Waals surface area contributed by atoms with Crippen molar-refractivity contribution in [2.24, 2.45) is 5.92 Å². The first kappa shape index (κ1) is 25.0. The largest absolute Gasteiger partial charge is 0.355 e. The van der Waals surface area contributed by atoms with Gasteiger partial charge in [0, 0.05) is 51.0 Å². The Morgan fingerprint density at radius 1 is 0.941 bits per heavy atom. The van der Waals surface area contributed by atoms with E-state index in [9.17, 15) is 9.59 Å². The topological polar surface area (TPSA) is 67.9 Å². The molecule has 3 amide bonds. The van der Waals surface area contributed by atoms with Gasteiger partial charge in [0.2, 0.25) is 5.91 Å². The van der Waals surface area contributed by atoms with Gasteiger partial charge in [0.1, 0.15) is 0 Å². The summed E-state index contributed by atoms with van der Waals surface area (Å²) in [6.07, 6.45) is 9.68. The minimum Gasteiger partial charge on any atom is -0.355 e. The van der Waals surface area contributed by atoms with Crippen molar-refractivity contribution >= 4 is 17.6 Å². The second-order valence-corrected chi connectivity index (χ2v) is 10.3.